The van der Waals surface area contributed by atoms with Gasteiger partial charge in [-0.2, -0.15) is 0 Å². The molecule has 1 fully saturated rings. The maximum absolute atomic E-state index is 11.3. The van der Waals surface area contributed by atoms with Crippen molar-refractivity contribution in [2.75, 3.05) is 23.4 Å². The van der Waals surface area contributed by atoms with Crippen LogP contribution in [0.5, 0.6) is 0 Å². The zero-order chi connectivity index (χ0) is 14.0. The molecule has 0 saturated carbocycles. The minimum Gasteiger partial charge on any atom is -0.366 e. The number of benzene rings is 1. The summed E-state index contributed by atoms with van der Waals surface area (Å²) in [6.45, 7) is 6.14. The van der Waals surface area contributed by atoms with E-state index in [1.165, 1.54) is 0 Å². The van der Waals surface area contributed by atoms with Crippen LogP contribution in [0.25, 0.3) is 0 Å². The number of hydrogen-bond donors (Lipinski definition) is 2. The third kappa shape index (κ3) is 2.78. The Bertz CT molecular complexity index is 478. The molecule has 0 spiro atoms. The van der Waals surface area contributed by atoms with Crippen molar-refractivity contribution in [1.29, 1.82) is 0 Å². The van der Waals surface area contributed by atoms with E-state index in [1.54, 1.807) is 18.2 Å². The second-order valence-electron chi connectivity index (χ2n) is 5.73. The highest BCUT2D eigenvalue weighted by atomic mass is 16.6. The van der Waals surface area contributed by atoms with Gasteiger partial charge in [0.2, 0.25) is 0 Å². The van der Waals surface area contributed by atoms with Crippen molar-refractivity contribution in [3.05, 3.63) is 28.3 Å². The summed E-state index contributed by atoms with van der Waals surface area (Å²) < 4.78 is 0. The molecule has 1 heterocycles. The van der Waals surface area contributed by atoms with Gasteiger partial charge in [0.25, 0.3) is 0 Å². The highest BCUT2D eigenvalue weighted by Crippen LogP contribution is 2.39. The minimum atomic E-state index is -0.371. The summed E-state index contributed by atoms with van der Waals surface area (Å²) in [5.74, 6) is 5.36. The molecule has 3 N–H and O–H groups in total. The predicted molar refractivity (Wildman–Crippen MR) is 76.1 cm³/mol. The number of nitro benzene ring substituents is 1. The molecule has 1 aliphatic heterocycles. The molecule has 6 nitrogen and oxygen atoms in total. The lowest BCUT2D eigenvalue weighted by Crippen LogP contribution is -2.37. The Kier molecular flexibility index (Phi) is 3.61. The van der Waals surface area contributed by atoms with Gasteiger partial charge in [-0.05, 0) is 30.4 Å². The van der Waals surface area contributed by atoms with E-state index in [2.05, 4.69) is 24.2 Å². The van der Waals surface area contributed by atoms with Crippen molar-refractivity contribution in [2.24, 2.45) is 11.3 Å². The van der Waals surface area contributed by atoms with Crippen LogP contribution in [0.4, 0.5) is 17.1 Å². The maximum atomic E-state index is 11.3. The Balaban J connectivity index is 2.32. The zero-order valence-electron chi connectivity index (χ0n) is 11.3. The molecule has 19 heavy (non-hydrogen) atoms. The monoisotopic (exact) mass is 264 g/mol. The van der Waals surface area contributed by atoms with E-state index in [4.69, 9.17) is 5.84 Å². The summed E-state index contributed by atoms with van der Waals surface area (Å²) in [5.41, 5.74) is 3.78. The fourth-order valence-corrected chi connectivity index (χ4v) is 2.45. The minimum absolute atomic E-state index is 0.0599. The van der Waals surface area contributed by atoms with E-state index in [-0.39, 0.29) is 10.6 Å². The lowest BCUT2D eigenvalue weighted by molar-refractivity contribution is -0.383. The summed E-state index contributed by atoms with van der Waals surface area (Å²) in [7, 11) is 0. The number of hydrogen-bond acceptors (Lipinski definition) is 5. The van der Waals surface area contributed by atoms with Crippen LogP contribution in [0.3, 0.4) is 0 Å². The first-order chi connectivity index (χ1) is 8.94. The van der Waals surface area contributed by atoms with Gasteiger partial charge in [0, 0.05) is 13.1 Å². The van der Waals surface area contributed by atoms with Gasteiger partial charge in [0.15, 0.2) is 0 Å². The number of para-hydroxylation sites is 1. The SMILES string of the molecule is CC1(C)CCN(c2cccc(NN)c2[N+](=O)[O-])CC1. The lowest BCUT2D eigenvalue weighted by atomic mass is 9.82. The number of nitro groups is 1. The largest absolute Gasteiger partial charge is 0.366 e. The number of nitrogens with two attached hydrogens (primary N) is 1. The van der Waals surface area contributed by atoms with Crippen LogP contribution in [0, 0.1) is 15.5 Å². The number of piperidine rings is 1. The van der Waals surface area contributed by atoms with Gasteiger partial charge in [-0.1, -0.05) is 19.9 Å². The topological polar surface area (TPSA) is 84.4 Å². The zero-order valence-corrected chi connectivity index (χ0v) is 11.3. The Hall–Kier alpha value is -1.82. The molecule has 104 valence electrons. The first-order valence-electron chi connectivity index (χ1n) is 6.43. The van der Waals surface area contributed by atoms with Gasteiger partial charge in [0.1, 0.15) is 11.4 Å². The predicted octanol–water partition coefficient (Wildman–Crippen LogP) is 2.51. The van der Waals surface area contributed by atoms with E-state index in [0.717, 1.165) is 25.9 Å². The van der Waals surface area contributed by atoms with Gasteiger partial charge >= 0.3 is 5.69 Å². The van der Waals surface area contributed by atoms with Crippen LogP contribution in [-0.4, -0.2) is 18.0 Å². The molecule has 0 unspecified atom stereocenters. The summed E-state index contributed by atoms with van der Waals surface area (Å²) in [5, 5.41) is 11.3. The molecule has 0 atom stereocenters. The summed E-state index contributed by atoms with van der Waals surface area (Å²) >= 11 is 0. The molecular formula is C13H20N4O2. The first kappa shape index (κ1) is 13.6. The Morgan fingerprint density at radius 1 is 1.37 bits per heavy atom. The Morgan fingerprint density at radius 3 is 2.53 bits per heavy atom. The molecule has 0 radical (unpaired) electrons. The second kappa shape index (κ2) is 5.05. The lowest BCUT2D eigenvalue weighted by Gasteiger charge is -2.38. The first-order valence-corrected chi connectivity index (χ1v) is 6.43. The number of anilines is 2. The standard InChI is InChI=1S/C13H20N4O2/c1-13(2)6-8-16(9-7-13)11-5-3-4-10(15-14)12(11)17(18)19/h3-5,15H,6-9,14H2,1-2H3. The van der Waals surface area contributed by atoms with E-state index in [9.17, 15) is 10.1 Å². The molecule has 0 aromatic heterocycles. The number of nitrogens with zero attached hydrogens (tertiary/aromatic N) is 2. The van der Waals surface area contributed by atoms with Crippen molar-refractivity contribution in [3.8, 4) is 0 Å². The summed E-state index contributed by atoms with van der Waals surface area (Å²) in [6.07, 6.45) is 2.06. The second-order valence-corrected chi connectivity index (χ2v) is 5.73. The van der Waals surface area contributed by atoms with Crippen LogP contribution in [-0.2, 0) is 0 Å². The van der Waals surface area contributed by atoms with Crippen LogP contribution in [0.15, 0.2) is 18.2 Å². The Morgan fingerprint density at radius 2 is 2.00 bits per heavy atom. The molecule has 1 aliphatic rings. The number of nitrogen functional groups attached to an aromatic ring is 1. The molecule has 1 aromatic carbocycles. The van der Waals surface area contributed by atoms with Gasteiger partial charge in [0.05, 0.1) is 4.92 Å². The third-order valence-electron chi connectivity index (χ3n) is 3.81. The molecule has 1 saturated heterocycles. The molecule has 0 amide bonds. The van der Waals surface area contributed by atoms with Gasteiger partial charge in [-0.15, -0.1) is 0 Å². The van der Waals surface area contributed by atoms with Crippen molar-refractivity contribution in [3.63, 3.8) is 0 Å². The van der Waals surface area contributed by atoms with Gasteiger partial charge in [-0.3, -0.25) is 16.0 Å². The smallest absolute Gasteiger partial charge is 0.316 e. The van der Waals surface area contributed by atoms with Crippen molar-refractivity contribution < 1.29 is 4.92 Å². The molecule has 2 rings (SSSR count). The van der Waals surface area contributed by atoms with Crippen molar-refractivity contribution >= 4 is 17.1 Å². The van der Waals surface area contributed by atoms with Gasteiger partial charge < -0.3 is 10.3 Å². The normalized spacial score (nSPS) is 18.2. The van der Waals surface area contributed by atoms with E-state index in [0.29, 0.717) is 16.8 Å². The van der Waals surface area contributed by atoms with Crippen LogP contribution >= 0.6 is 0 Å². The number of rotatable bonds is 3. The average molecular weight is 264 g/mol. The van der Waals surface area contributed by atoms with Gasteiger partial charge in [-0.25, -0.2) is 0 Å². The van der Waals surface area contributed by atoms with Crippen molar-refractivity contribution in [2.45, 2.75) is 26.7 Å². The molecule has 0 aliphatic carbocycles. The Labute approximate surface area is 112 Å². The highest BCUT2D eigenvalue weighted by molar-refractivity contribution is 5.76. The highest BCUT2D eigenvalue weighted by Gasteiger charge is 2.30. The number of nitrogens with one attached hydrogen (secondary N) is 1. The van der Waals surface area contributed by atoms with E-state index >= 15 is 0 Å². The fourth-order valence-electron chi connectivity index (χ4n) is 2.45. The van der Waals surface area contributed by atoms with Crippen LogP contribution in [0.2, 0.25) is 0 Å². The molecule has 0 bridgehead atoms. The molecule has 6 heteroatoms. The number of hydrazine groups is 1. The van der Waals surface area contributed by atoms with Crippen molar-refractivity contribution in [1.82, 2.24) is 0 Å². The average Bonchev–Trinajstić information content (AvgIpc) is 2.37. The maximum Gasteiger partial charge on any atom is 0.316 e. The summed E-state index contributed by atoms with van der Waals surface area (Å²) in [6, 6.07) is 5.20. The van der Waals surface area contributed by atoms with Crippen LogP contribution in [0.1, 0.15) is 26.7 Å². The van der Waals surface area contributed by atoms with E-state index in [1.807, 2.05) is 0 Å². The quantitative estimate of drug-likeness (QED) is 0.498. The third-order valence-corrected chi connectivity index (χ3v) is 3.81. The van der Waals surface area contributed by atoms with Crippen LogP contribution < -0.4 is 16.2 Å². The molecule has 1 aromatic rings. The summed E-state index contributed by atoms with van der Waals surface area (Å²) in [4.78, 5) is 13.0. The van der Waals surface area contributed by atoms with E-state index < -0.39 is 0 Å². The molecular weight excluding hydrogens is 244 g/mol. The fraction of sp³-hybridized carbons (Fsp3) is 0.538.